The van der Waals surface area contributed by atoms with Gasteiger partial charge in [0.25, 0.3) is 0 Å². The van der Waals surface area contributed by atoms with Crippen molar-refractivity contribution in [2.75, 3.05) is 13.1 Å². The number of amides is 2. The van der Waals surface area contributed by atoms with Crippen molar-refractivity contribution in [1.82, 2.24) is 4.90 Å². The number of hydrogen-bond acceptors (Lipinski definition) is 5. The van der Waals surface area contributed by atoms with Crippen LogP contribution in [0.1, 0.15) is 5.56 Å². The number of primary amides is 2. The van der Waals surface area contributed by atoms with Gasteiger partial charge in [0.2, 0.25) is 17.6 Å². The highest BCUT2D eigenvalue weighted by Crippen LogP contribution is 2.18. The molecule has 0 atom stereocenters. The molecule has 20 heavy (non-hydrogen) atoms. The average molecular weight is 284 g/mol. The fourth-order valence-corrected chi connectivity index (χ4v) is 1.66. The van der Waals surface area contributed by atoms with Crippen molar-refractivity contribution in [3.63, 3.8) is 0 Å². The molecule has 1 aromatic rings. The topological polar surface area (TPSA) is 133 Å². The van der Waals surface area contributed by atoms with Gasteiger partial charge in [-0.15, -0.1) is 0 Å². The van der Waals surface area contributed by atoms with Crippen molar-refractivity contribution in [2.45, 2.75) is 6.54 Å². The van der Waals surface area contributed by atoms with Gasteiger partial charge in [0.1, 0.15) is 0 Å². The van der Waals surface area contributed by atoms with Crippen molar-refractivity contribution in [3.05, 3.63) is 39.7 Å². The molecule has 0 radical (unpaired) electrons. The molecule has 0 aliphatic heterocycles. The highest BCUT2D eigenvalue weighted by Gasteiger charge is 2.16. The minimum absolute atomic E-state index is 0.0147. The highest BCUT2D eigenvalue weighted by molar-refractivity contribution is 5.79. The van der Waals surface area contributed by atoms with Crippen LogP contribution in [0, 0.1) is 15.9 Å². The minimum atomic E-state index is -0.995. The van der Waals surface area contributed by atoms with Crippen molar-refractivity contribution in [2.24, 2.45) is 11.5 Å². The monoisotopic (exact) mass is 284 g/mol. The molecular formula is C11H13FN4O4. The Morgan fingerprint density at radius 2 is 1.80 bits per heavy atom. The molecule has 108 valence electrons. The molecule has 0 bridgehead atoms. The van der Waals surface area contributed by atoms with E-state index in [0.717, 1.165) is 12.1 Å². The number of nitrogens with two attached hydrogens (primary N) is 2. The smallest absolute Gasteiger partial charge is 0.304 e. The van der Waals surface area contributed by atoms with Crippen LogP contribution in [-0.4, -0.2) is 34.7 Å². The van der Waals surface area contributed by atoms with E-state index in [0.29, 0.717) is 5.56 Å². The summed E-state index contributed by atoms with van der Waals surface area (Å²) in [4.78, 5) is 32.7. The Morgan fingerprint density at radius 1 is 1.25 bits per heavy atom. The van der Waals surface area contributed by atoms with E-state index in [-0.39, 0.29) is 19.6 Å². The summed E-state index contributed by atoms with van der Waals surface area (Å²) in [5.74, 6) is -2.34. The number of nitro groups is 1. The molecule has 0 saturated carbocycles. The number of nitro benzene ring substituents is 1. The van der Waals surface area contributed by atoms with Crippen LogP contribution in [0.2, 0.25) is 0 Å². The number of halogens is 1. The van der Waals surface area contributed by atoms with E-state index in [1.54, 1.807) is 0 Å². The van der Waals surface area contributed by atoms with Gasteiger partial charge in [0.05, 0.1) is 18.0 Å². The first kappa shape index (κ1) is 15.5. The average Bonchev–Trinajstić information content (AvgIpc) is 2.26. The van der Waals surface area contributed by atoms with Gasteiger partial charge in [0.15, 0.2) is 0 Å². The normalized spacial score (nSPS) is 10.5. The second-order valence-corrected chi connectivity index (χ2v) is 4.12. The van der Waals surface area contributed by atoms with Crippen LogP contribution in [0.25, 0.3) is 0 Å². The predicted octanol–water partition coefficient (Wildman–Crippen LogP) is -0.493. The van der Waals surface area contributed by atoms with E-state index in [2.05, 4.69) is 0 Å². The summed E-state index contributed by atoms with van der Waals surface area (Å²) >= 11 is 0. The fourth-order valence-electron chi connectivity index (χ4n) is 1.66. The van der Waals surface area contributed by atoms with Gasteiger partial charge in [-0.05, 0) is 11.6 Å². The lowest BCUT2D eigenvalue weighted by Crippen LogP contribution is -2.39. The molecule has 2 amide bonds. The molecule has 0 aliphatic rings. The Balaban J connectivity index is 2.87. The lowest BCUT2D eigenvalue weighted by atomic mass is 10.2. The number of benzene rings is 1. The van der Waals surface area contributed by atoms with Crippen molar-refractivity contribution < 1.29 is 18.9 Å². The van der Waals surface area contributed by atoms with Gasteiger partial charge in [-0.25, -0.2) is 0 Å². The number of hydrogen-bond donors (Lipinski definition) is 2. The third-order valence-corrected chi connectivity index (χ3v) is 2.37. The molecule has 9 heteroatoms. The SMILES string of the molecule is NC(=O)CN(CC(N)=O)Cc1ccc([N+](=O)[O-])c(F)c1. The lowest BCUT2D eigenvalue weighted by Gasteiger charge is -2.18. The predicted molar refractivity (Wildman–Crippen MR) is 66.7 cm³/mol. The fraction of sp³-hybridized carbons (Fsp3) is 0.273. The third-order valence-electron chi connectivity index (χ3n) is 2.37. The molecule has 0 aromatic heterocycles. The second kappa shape index (κ2) is 6.57. The first-order valence-electron chi connectivity index (χ1n) is 5.51. The molecule has 0 aliphatic carbocycles. The Bertz CT molecular complexity index is 533. The van der Waals surface area contributed by atoms with Crippen LogP contribution in [0.5, 0.6) is 0 Å². The van der Waals surface area contributed by atoms with Gasteiger partial charge in [-0.1, -0.05) is 6.07 Å². The second-order valence-electron chi connectivity index (χ2n) is 4.12. The van der Waals surface area contributed by atoms with Crippen molar-refractivity contribution in [3.8, 4) is 0 Å². The summed E-state index contributed by atoms with van der Waals surface area (Å²) in [7, 11) is 0. The Kier molecular flexibility index (Phi) is 5.09. The van der Waals surface area contributed by atoms with Crippen LogP contribution >= 0.6 is 0 Å². The number of carbonyl (C=O) groups excluding carboxylic acids is 2. The standard InChI is InChI=1S/C11H13FN4O4/c12-8-3-7(1-2-9(8)16(19)20)4-15(5-10(13)17)6-11(14)18/h1-3H,4-6H2,(H2,13,17)(H2,14,18). The van der Waals surface area contributed by atoms with E-state index in [4.69, 9.17) is 11.5 Å². The quantitative estimate of drug-likeness (QED) is 0.514. The number of carbonyl (C=O) groups is 2. The highest BCUT2D eigenvalue weighted by atomic mass is 19.1. The van der Waals surface area contributed by atoms with Gasteiger partial charge in [-0.3, -0.25) is 24.6 Å². The molecule has 0 unspecified atom stereocenters. The number of rotatable bonds is 7. The van der Waals surface area contributed by atoms with Crippen LogP contribution < -0.4 is 11.5 Å². The molecule has 0 heterocycles. The summed E-state index contributed by atoms with van der Waals surface area (Å²) in [5, 5.41) is 10.5. The summed E-state index contributed by atoms with van der Waals surface area (Å²) in [6, 6.07) is 3.31. The summed E-state index contributed by atoms with van der Waals surface area (Å²) in [6.45, 7) is -0.454. The van der Waals surface area contributed by atoms with Gasteiger partial charge >= 0.3 is 5.69 Å². The zero-order valence-corrected chi connectivity index (χ0v) is 10.4. The first-order chi connectivity index (χ1) is 9.29. The van der Waals surface area contributed by atoms with Gasteiger partial charge in [-0.2, -0.15) is 4.39 Å². The van der Waals surface area contributed by atoms with Gasteiger partial charge in [0, 0.05) is 12.6 Å². The number of nitrogens with zero attached hydrogens (tertiary/aromatic N) is 2. The van der Waals surface area contributed by atoms with Crippen LogP contribution in [0.4, 0.5) is 10.1 Å². The van der Waals surface area contributed by atoms with Gasteiger partial charge < -0.3 is 11.5 Å². The lowest BCUT2D eigenvalue weighted by molar-refractivity contribution is -0.387. The first-order valence-corrected chi connectivity index (χ1v) is 5.51. The Hall–Kier alpha value is -2.55. The largest absolute Gasteiger partial charge is 0.369 e. The van der Waals surface area contributed by atoms with Crippen molar-refractivity contribution in [1.29, 1.82) is 0 Å². The maximum atomic E-state index is 13.4. The molecule has 8 nitrogen and oxygen atoms in total. The van der Waals surface area contributed by atoms with Crippen LogP contribution in [0.15, 0.2) is 18.2 Å². The zero-order chi connectivity index (χ0) is 15.3. The van der Waals surface area contributed by atoms with E-state index in [1.807, 2.05) is 0 Å². The maximum Gasteiger partial charge on any atom is 0.304 e. The molecule has 0 fully saturated rings. The zero-order valence-electron chi connectivity index (χ0n) is 10.4. The Morgan fingerprint density at radius 3 is 2.20 bits per heavy atom. The molecule has 1 rings (SSSR count). The molecule has 0 spiro atoms. The van der Waals surface area contributed by atoms with Crippen molar-refractivity contribution >= 4 is 17.5 Å². The van der Waals surface area contributed by atoms with E-state index in [1.165, 1.54) is 11.0 Å². The maximum absolute atomic E-state index is 13.4. The van der Waals surface area contributed by atoms with Crippen LogP contribution in [-0.2, 0) is 16.1 Å². The van der Waals surface area contributed by atoms with E-state index in [9.17, 15) is 24.1 Å². The minimum Gasteiger partial charge on any atom is -0.369 e. The summed E-state index contributed by atoms with van der Waals surface area (Å²) < 4.78 is 13.4. The van der Waals surface area contributed by atoms with Crippen LogP contribution in [0.3, 0.4) is 0 Å². The van der Waals surface area contributed by atoms with E-state index >= 15 is 0 Å². The molecule has 4 N–H and O–H groups in total. The van der Waals surface area contributed by atoms with E-state index < -0.39 is 28.2 Å². The summed E-state index contributed by atoms with van der Waals surface area (Å²) in [6.07, 6.45) is 0. The molecular weight excluding hydrogens is 271 g/mol. The molecule has 0 saturated heterocycles. The third kappa shape index (κ3) is 4.61. The summed E-state index contributed by atoms with van der Waals surface area (Å²) in [5.41, 5.74) is 9.75. The molecule has 1 aromatic carbocycles. The Labute approximate surface area is 113 Å².